The predicted octanol–water partition coefficient (Wildman–Crippen LogP) is 2.45. The van der Waals surface area contributed by atoms with Crippen LogP contribution in [0.3, 0.4) is 0 Å². The van der Waals surface area contributed by atoms with Crippen molar-refractivity contribution in [3.63, 3.8) is 0 Å². The summed E-state index contributed by atoms with van der Waals surface area (Å²) in [6.07, 6.45) is 6.33. The zero-order chi connectivity index (χ0) is 12.8. The first-order valence-electron chi connectivity index (χ1n) is 6.64. The van der Waals surface area contributed by atoms with Gasteiger partial charge in [0.25, 0.3) is 0 Å². The number of aryl methyl sites for hydroxylation is 2. The van der Waals surface area contributed by atoms with Gasteiger partial charge in [0.2, 0.25) is 0 Å². The van der Waals surface area contributed by atoms with Crippen molar-refractivity contribution in [1.82, 2.24) is 5.43 Å². The molecule has 0 spiro atoms. The number of rotatable bonds is 5. The van der Waals surface area contributed by atoms with Crippen molar-refractivity contribution in [1.29, 1.82) is 0 Å². The minimum absolute atomic E-state index is 0.131. The molecule has 1 atom stereocenters. The number of hydrogen-bond donors (Lipinski definition) is 2. The van der Waals surface area contributed by atoms with Gasteiger partial charge in [-0.05, 0) is 44.2 Å². The first-order chi connectivity index (χ1) is 8.79. The first kappa shape index (κ1) is 13.1. The number of nitrogens with one attached hydrogen (secondary N) is 1. The Bertz CT molecular complexity index is 397. The zero-order valence-electron chi connectivity index (χ0n) is 11.0. The van der Waals surface area contributed by atoms with Crippen molar-refractivity contribution in [3.05, 3.63) is 47.2 Å². The molecule has 1 aliphatic heterocycles. The third-order valence-corrected chi connectivity index (χ3v) is 3.35. The lowest BCUT2D eigenvalue weighted by Gasteiger charge is -2.23. The van der Waals surface area contributed by atoms with E-state index in [0.29, 0.717) is 0 Å². The molecule has 1 aromatic rings. The average molecular weight is 246 g/mol. The van der Waals surface area contributed by atoms with E-state index in [0.717, 1.165) is 38.0 Å². The third-order valence-electron chi connectivity index (χ3n) is 3.35. The van der Waals surface area contributed by atoms with Crippen LogP contribution in [-0.2, 0) is 11.2 Å². The van der Waals surface area contributed by atoms with Crippen LogP contribution >= 0.6 is 0 Å². The second-order valence-corrected chi connectivity index (χ2v) is 4.84. The minimum Gasteiger partial charge on any atom is -0.497 e. The van der Waals surface area contributed by atoms with E-state index in [9.17, 15) is 0 Å². The highest BCUT2D eigenvalue weighted by molar-refractivity contribution is 5.21. The molecule has 2 rings (SSSR count). The fourth-order valence-electron chi connectivity index (χ4n) is 2.19. The molecule has 1 aliphatic rings. The van der Waals surface area contributed by atoms with Gasteiger partial charge in [0.05, 0.1) is 12.6 Å². The van der Waals surface area contributed by atoms with Crippen molar-refractivity contribution in [2.45, 2.75) is 38.6 Å². The van der Waals surface area contributed by atoms with Gasteiger partial charge in [-0.15, -0.1) is 0 Å². The van der Waals surface area contributed by atoms with E-state index in [4.69, 9.17) is 10.6 Å². The van der Waals surface area contributed by atoms with Crippen molar-refractivity contribution < 1.29 is 4.74 Å². The zero-order valence-corrected chi connectivity index (χ0v) is 11.0. The van der Waals surface area contributed by atoms with Gasteiger partial charge in [0, 0.05) is 0 Å². The fraction of sp³-hybridized carbons (Fsp3) is 0.467. The molecule has 0 radical (unpaired) electrons. The van der Waals surface area contributed by atoms with Crippen molar-refractivity contribution in [2.24, 2.45) is 5.84 Å². The van der Waals surface area contributed by atoms with Crippen LogP contribution in [0.15, 0.2) is 36.1 Å². The van der Waals surface area contributed by atoms with E-state index in [2.05, 4.69) is 42.7 Å². The topological polar surface area (TPSA) is 47.3 Å². The fourth-order valence-corrected chi connectivity index (χ4v) is 2.19. The SMILES string of the molecule is Cc1ccc(CCC(NN)C2=CCCCO2)cc1. The Kier molecular flexibility index (Phi) is 4.79. The van der Waals surface area contributed by atoms with E-state index in [1.807, 2.05) is 0 Å². The highest BCUT2D eigenvalue weighted by atomic mass is 16.5. The molecule has 1 unspecified atom stereocenters. The average Bonchev–Trinajstić information content (AvgIpc) is 2.43. The summed E-state index contributed by atoms with van der Waals surface area (Å²) >= 11 is 0. The number of ether oxygens (including phenoxy) is 1. The lowest BCUT2D eigenvalue weighted by molar-refractivity contribution is 0.165. The molecule has 0 aromatic heterocycles. The summed E-state index contributed by atoms with van der Waals surface area (Å²) in [5.74, 6) is 6.63. The highest BCUT2D eigenvalue weighted by Crippen LogP contribution is 2.17. The van der Waals surface area contributed by atoms with Crippen LogP contribution in [0.4, 0.5) is 0 Å². The van der Waals surface area contributed by atoms with E-state index >= 15 is 0 Å². The van der Waals surface area contributed by atoms with E-state index in [1.54, 1.807) is 0 Å². The van der Waals surface area contributed by atoms with Gasteiger partial charge in [-0.2, -0.15) is 0 Å². The minimum atomic E-state index is 0.131. The monoisotopic (exact) mass is 246 g/mol. The summed E-state index contributed by atoms with van der Waals surface area (Å²) < 4.78 is 5.66. The summed E-state index contributed by atoms with van der Waals surface area (Å²) in [5.41, 5.74) is 5.50. The molecule has 1 aromatic carbocycles. The Morgan fingerprint density at radius 3 is 2.72 bits per heavy atom. The van der Waals surface area contributed by atoms with Crippen LogP contribution < -0.4 is 11.3 Å². The van der Waals surface area contributed by atoms with Crippen molar-refractivity contribution in [3.8, 4) is 0 Å². The Balaban J connectivity index is 1.90. The molecule has 98 valence electrons. The van der Waals surface area contributed by atoms with Gasteiger partial charge in [0.1, 0.15) is 5.76 Å². The molecule has 1 heterocycles. The first-order valence-corrected chi connectivity index (χ1v) is 6.64. The van der Waals surface area contributed by atoms with Gasteiger partial charge in [-0.3, -0.25) is 5.84 Å². The molecule has 3 heteroatoms. The number of hydrogen-bond acceptors (Lipinski definition) is 3. The maximum absolute atomic E-state index is 5.66. The Labute approximate surface area is 109 Å². The Morgan fingerprint density at radius 1 is 1.33 bits per heavy atom. The number of allylic oxidation sites excluding steroid dienone is 1. The molecule has 3 nitrogen and oxygen atoms in total. The second kappa shape index (κ2) is 6.57. The van der Waals surface area contributed by atoms with Gasteiger partial charge >= 0.3 is 0 Å². The summed E-state index contributed by atoms with van der Waals surface area (Å²) in [6.45, 7) is 2.92. The Morgan fingerprint density at radius 2 is 2.11 bits per heavy atom. The molecule has 0 amide bonds. The molecule has 3 N–H and O–H groups in total. The van der Waals surface area contributed by atoms with Crippen LogP contribution in [0.1, 0.15) is 30.4 Å². The van der Waals surface area contributed by atoms with Crippen LogP contribution in [0, 0.1) is 6.92 Å². The van der Waals surface area contributed by atoms with E-state index < -0.39 is 0 Å². The summed E-state index contributed by atoms with van der Waals surface area (Å²) in [7, 11) is 0. The number of benzene rings is 1. The van der Waals surface area contributed by atoms with Crippen LogP contribution in [0.5, 0.6) is 0 Å². The van der Waals surface area contributed by atoms with Crippen LogP contribution in [-0.4, -0.2) is 12.6 Å². The maximum Gasteiger partial charge on any atom is 0.110 e. The van der Waals surface area contributed by atoms with Crippen molar-refractivity contribution in [2.75, 3.05) is 6.61 Å². The maximum atomic E-state index is 5.66. The third kappa shape index (κ3) is 3.59. The smallest absolute Gasteiger partial charge is 0.110 e. The second-order valence-electron chi connectivity index (χ2n) is 4.84. The predicted molar refractivity (Wildman–Crippen MR) is 73.9 cm³/mol. The molecule has 0 bridgehead atoms. The van der Waals surface area contributed by atoms with E-state index in [1.165, 1.54) is 11.1 Å². The van der Waals surface area contributed by atoms with Gasteiger partial charge in [-0.1, -0.05) is 29.8 Å². The standard InChI is InChI=1S/C15H22N2O/c1-12-5-7-13(8-6-12)9-10-14(17-16)15-4-2-3-11-18-15/h4-8,14,17H,2-3,9-11,16H2,1H3. The molecule has 0 aliphatic carbocycles. The van der Waals surface area contributed by atoms with Gasteiger partial charge in [0.15, 0.2) is 0 Å². The molecular weight excluding hydrogens is 224 g/mol. The molecule has 0 saturated heterocycles. The number of nitrogens with two attached hydrogens (primary N) is 1. The quantitative estimate of drug-likeness (QED) is 0.619. The highest BCUT2D eigenvalue weighted by Gasteiger charge is 2.16. The van der Waals surface area contributed by atoms with Crippen LogP contribution in [0.25, 0.3) is 0 Å². The largest absolute Gasteiger partial charge is 0.497 e. The summed E-state index contributed by atoms with van der Waals surface area (Å²) in [4.78, 5) is 0. The lowest BCUT2D eigenvalue weighted by atomic mass is 10.0. The van der Waals surface area contributed by atoms with Crippen molar-refractivity contribution >= 4 is 0 Å². The summed E-state index contributed by atoms with van der Waals surface area (Å²) in [6, 6.07) is 8.79. The van der Waals surface area contributed by atoms with E-state index in [-0.39, 0.29) is 6.04 Å². The molecule has 0 fully saturated rings. The summed E-state index contributed by atoms with van der Waals surface area (Å²) in [5, 5.41) is 0. The molecular formula is C15H22N2O. The van der Waals surface area contributed by atoms with Gasteiger partial charge in [-0.25, -0.2) is 5.43 Å². The number of hydrazine groups is 1. The lowest BCUT2D eigenvalue weighted by Crippen LogP contribution is -2.38. The Hall–Kier alpha value is -1.32. The molecule has 18 heavy (non-hydrogen) atoms. The normalized spacial score (nSPS) is 16.9. The van der Waals surface area contributed by atoms with Gasteiger partial charge < -0.3 is 4.74 Å². The van der Waals surface area contributed by atoms with Crippen LogP contribution in [0.2, 0.25) is 0 Å². The molecule has 0 saturated carbocycles.